The van der Waals surface area contributed by atoms with Crippen molar-refractivity contribution >= 4 is 23.2 Å². The molecule has 1 aliphatic heterocycles. The maximum atomic E-state index is 12.6. The Morgan fingerprint density at radius 3 is 2.39 bits per heavy atom. The number of H-pyrrole nitrogens is 1. The van der Waals surface area contributed by atoms with Gasteiger partial charge >= 0.3 is 0 Å². The van der Waals surface area contributed by atoms with E-state index in [2.05, 4.69) is 36.3 Å². The summed E-state index contributed by atoms with van der Waals surface area (Å²) in [5.41, 5.74) is 8.09. The molecule has 0 saturated heterocycles. The third kappa shape index (κ3) is 3.22. The number of carbonyl (C=O) groups excluding carboxylic acids is 1. The lowest BCUT2D eigenvalue weighted by Crippen LogP contribution is -2.03. The number of aromatic nitrogens is 1. The molecule has 0 unspecified atom stereocenters. The first-order chi connectivity index (χ1) is 13.6. The standard InChI is InChI=1S/C24H24N2O2/c1-4-15-12-18(5-2)25-22(15)14-21-20-11-8-17(13-23(20)26-24(21)27)16-6-9-19(28-3)10-7-16/h6-14,25H,4-5H2,1-3H3,(H,26,27). The van der Waals surface area contributed by atoms with E-state index in [1.165, 1.54) is 11.3 Å². The zero-order valence-electron chi connectivity index (χ0n) is 16.4. The Bertz CT molecular complexity index is 1060. The maximum Gasteiger partial charge on any atom is 0.256 e. The van der Waals surface area contributed by atoms with E-state index in [1.807, 2.05) is 42.5 Å². The predicted octanol–water partition coefficient (Wildman–Crippen LogP) is 5.31. The van der Waals surface area contributed by atoms with Crippen LogP contribution in [0, 0.1) is 0 Å². The van der Waals surface area contributed by atoms with Gasteiger partial charge in [0.1, 0.15) is 5.75 Å². The highest BCUT2D eigenvalue weighted by atomic mass is 16.5. The number of ether oxygens (including phenoxy) is 1. The number of hydrogen-bond donors (Lipinski definition) is 2. The zero-order valence-corrected chi connectivity index (χ0v) is 16.4. The lowest BCUT2D eigenvalue weighted by molar-refractivity contribution is -0.110. The number of hydrogen-bond acceptors (Lipinski definition) is 2. The fourth-order valence-corrected chi connectivity index (χ4v) is 3.63. The molecule has 1 aromatic heterocycles. The number of benzene rings is 2. The van der Waals surface area contributed by atoms with Gasteiger partial charge in [0, 0.05) is 22.6 Å². The molecule has 0 saturated carbocycles. The molecule has 4 heteroatoms. The molecular weight excluding hydrogens is 348 g/mol. The second kappa shape index (κ2) is 7.39. The summed E-state index contributed by atoms with van der Waals surface area (Å²) in [6, 6.07) is 16.2. The molecule has 0 radical (unpaired) electrons. The summed E-state index contributed by atoms with van der Waals surface area (Å²) in [7, 11) is 1.66. The predicted molar refractivity (Wildman–Crippen MR) is 114 cm³/mol. The fraction of sp³-hybridized carbons (Fsp3) is 0.208. The molecule has 4 rings (SSSR count). The summed E-state index contributed by atoms with van der Waals surface area (Å²) in [4.78, 5) is 16.1. The molecular formula is C24H24N2O2. The summed E-state index contributed by atoms with van der Waals surface area (Å²) < 4.78 is 5.22. The van der Waals surface area contributed by atoms with Crippen LogP contribution in [0.25, 0.3) is 22.8 Å². The van der Waals surface area contributed by atoms with Crippen LogP contribution in [-0.2, 0) is 17.6 Å². The highest BCUT2D eigenvalue weighted by molar-refractivity contribution is 6.35. The van der Waals surface area contributed by atoms with Crippen molar-refractivity contribution in [3.05, 3.63) is 71.0 Å². The molecule has 0 spiro atoms. The molecule has 2 N–H and O–H groups in total. The van der Waals surface area contributed by atoms with Gasteiger partial charge in [-0.05, 0) is 59.9 Å². The van der Waals surface area contributed by atoms with E-state index in [9.17, 15) is 4.79 Å². The summed E-state index contributed by atoms with van der Waals surface area (Å²) in [5, 5.41) is 3.01. The smallest absolute Gasteiger partial charge is 0.256 e. The molecule has 1 aliphatic rings. The van der Waals surface area contributed by atoms with Crippen LogP contribution in [-0.4, -0.2) is 18.0 Å². The number of anilines is 1. The SMILES string of the molecule is CCc1cc(CC)c(C=C2C(=O)Nc3cc(-c4ccc(OC)cc4)ccc32)[nH]1. The number of methoxy groups -OCH3 is 1. The Labute approximate surface area is 165 Å². The van der Waals surface area contributed by atoms with Gasteiger partial charge < -0.3 is 15.0 Å². The number of nitrogens with one attached hydrogen (secondary N) is 2. The van der Waals surface area contributed by atoms with Crippen LogP contribution in [0.1, 0.15) is 36.4 Å². The van der Waals surface area contributed by atoms with Crippen molar-refractivity contribution in [1.82, 2.24) is 4.98 Å². The minimum Gasteiger partial charge on any atom is -0.497 e. The molecule has 142 valence electrons. The molecule has 2 heterocycles. The molecule has 0 aliphatic carbocycles. The Hall–Kier alpha value is -3.27. The first-order valence-corrected chi connectivity index (χ1v) is 9.65. The molecule has 0 atom stereocenters. The first kappa shape index (κ1) is 18.1. The van der Waals surface area contributed by atoms with Gasteiger partial charge in [0.15, 0.2) is 0 Å². The van der Waals surface area contributed by atoms with Crippen LogP contribution in [0.2, 0.25) is 0 Å². The molecule has 0 bridgehead atoms. The van der Waals surface area contributed by atoms with Crippen molar-refractivity contribution in [1.29, 1.82) is 0 Å². The third-order valence-electron chi connectivity index (χ3n) is 5.27. The summed E-state index contributed by atoms with van der Waals surface area (Å²) >= 11 is 0. The Kier molecular flexibility index (Phi) is 4.78. The van der Waals surface area contributed by atoms with Gasteiger partial charge in [-0.2, -0.15) is 0 Å². The van der Waals surface area contributed by atoms with Gasteiger partial charge in [-0.25, -0.2) is 0 Å². The summed E-state index contributed by atoms with van der Waals surface area (Å²) in [6.45, 7) is 4.26. The van der Waals surface area contributed by atoms with E-state index >= 15 is 0 Å². The second-order valence-electron chi connectivity index (χ2n) is 6.94. The average molecular weight is 372 g/mol. The van der Waals surface area contributed by atoms with E-state index < -0.39 is 0 Å². The maximum absolute atomic E-state index is 12.6. The quantitative estimate of drug-likeness (QED) is 0.597. The van der Waals surface area contributed by atoms with Gasteiger partial charge in [0.05, 0.1) is 12.7 Å². The zero-order chi connectivity index (χ0) is 19.7. The second-order valence-corrected chi connectivity index (χ2v) is 6.94. The van der Waals surface area contributed by atoms with Gasteiger partial charge in [-0.3, -0.25) is 4.79 Å². The lowest BCUT2D eigenvalue weighted by atomic mass is 9.99. The lowest BCUT2D eigenvalue weighted by Gasteiger charge is -2.06. The first-order valence-electron chi connectivity index (χ1n) is 9.65. The van der Waals surface area contributed by atoms with Crippen LogP contribution >= 0.6 is 0 Å². The third-order valence-corrected chi connectivity index (χ3v) is 5.27. The highest BCUT2D eigenvalue weighted by Crippen LogP contribution is 2.36. The van der Waals surface area contributed by atoms with E-state index in [1.54, 1.807) is 7.11 Å². The summed E-state index contributed by atoms with van der Waals surface area (Å²) in [6.07, 6.45) is 3.86. The van der Waals surface area contributed by atoms with Gasteiger partial charge in [-0.15, -0.1) is 0 Å². The van der Waals surface area contributed by atoms with Crippen molar-refractivity contribution in [2.75, 3.05) is 12.4 Å². The van der Waals surface area contributed by atoms with Crippen LogP contribution < -0.4 is 10.1 Å². The van der Waals surface area contributed by atoms with Crippen molar-refractivity contribution < 1.29 is 9.53 Å². The normalized spacial score (nSPS) is 14.2. The van der Waals surface area contributed by atoms with Crippen molar-refractivity contribution in [2.45, 2.75) is 26.7 Å². The molecule has 3 aromatic rings. The monoisotopic (exact) mass is 372 g/mol. The van der Waals surface area contributed by atoms with Crippen LogP contribution in [0.5, 0.6) is 5.75 Å². The Balaban J connectivity index is 1.71. The van der Waals surface area contributed by atoms with Crippen molar-refractivity contribution in [3.63, 3.8) is 0 Å². The van der Waals surface area contributed by atoms with E-state index in [0.717, 1.165) is 46.7 Å². The topological polar surface area (TPSA) is 54.1 Å². The minimum atomic E-state index is -0.0587. The minimum absolute atomic E-state index is 0.0587. The van der Waals surface area contributed by atoms with E-state index in [-0.39, 0.29) is 5.91 Å². The van der Waals surface area contributed by atoms with E-state index in [0.29, 0.717) is 5.57 Å². The number of fused-ring (bicyclic) bond motifs is 1. The van der Waals surface area contributed by atoms with Crippen LogP contribution in [0.15, 0.2) is 48.5 Å². The number of aromatic amines is 1. The number of rotatable bonds is 5. The number of aryl methyl sites for hydroxylation is 2. The van der Waals surface area contributed by atoms with Crippen molar-refractivity contribution in [3.8, 4) is 16.9 Å². The summed E-state index contributed by atoms with van der Waals surface area (Å²) in [5.74, 6) is 0.768. The number of amides is 1. The number of carbonyl (C=O) groups is 1. The Morgan fingerprint density at radius 2 is 1.71 bits per heavy atom. The largest absolute Gasteiger partial charge is 0.497 e. The fourth-order valence-electron chi connectivity index (χ4n) is 3.63. The van der Waals surface area contributed by atoms with Gasteiger partial charge in [-0.1, -0.05) is 38.1 Å². The average Bonchev–Trinajstić information content (AvgIpc) is 3.28. The van der Waals surface area contributed by atoms with Gasteiger partial charge in [0.25, 0.3) is 5.91 Å². The van der Waals surface area contributed by atoms with E-state index in [4.69, 9.17) is 4.74 Å². The highest BCUT2D eigenvalue weighted by Gasteiger charge is 2.25. The van der Waals surface area contributed by atoms with Crippen LogP contribution in [0.4, 0.5) is 5.69 Å². The van der Waals surface area contributed by atoms with Gasteiger partial charge in [0.2, 0.25) is 0 Å². The molecule has 0 fully saturated rings. The Morgan fingerprint density at radius 1 is 0.964 bits per heavy atom. The molecule has 28 heavy (non-hydrogen) atoms. The van der Waals surface area contributed by atoms with Crippen LogP contribution in [0.3, 0.4) is 0 Å². The van der Waals surface area contributed by atoms with Crippen molar-refractivity contribution in [2.24, 2.45) is 0 Å². The molecule has 2 aromatic carbocycles. The molecule has 1 amide bonds. The molecule has 4 nitrogen and oxygen atoms in total.